The molecule has 1 aromatic carbocycles. The first-order valence-electron chi connectivity index (χ1n) is 9.92. The molecule has 1 aromatic rings. The zero-order valence-electron chi connectivity index (χ0n) is 16.3. The Kier molecular flexibility index (Phi) is 6.42. The van der Waals surface area contributed by atoms with Crippen molar-refractivity contribution in [3.8, 4) is 5.75 Å². The smallest absolute Gasteiger partial charge is 0.257 e. The molecule has 7 heteroatoms. The van der Waals surface area contributed by atoms with Gasteiger partial charge in [-0.05, 0) is 50.7 Å². The van der Waals surface area contributed by atoms with Gasteiger partial charge in [-0.3, -0.25) is 4.79 Å². The number of para-hydroxylation sites is 1. The topological polar surface area (TPSA) is 66.9 Å². The summed E-state index contributed by atoms with van der Waals surface area (Å²) in [4.78, 5) is 15.2. The van der Waals surface area contributed by atoms with Crippen LogP contribution in [-0.4, -0.2) is 61.6 Å². The molecule has 2 aliphatic rings. The van der Waals surface area contributed by atoms with Crippen molar-refractivity contribution in [2.45, 2.75) is 57.6 Å². The predicted molar refractivity (Wildman–Crippen MR) is 105 cm³/mol. The zero-order chi connectivity index (χ0) is 19.4. The molecule has 2 heterocycles. The maximum absolute atomic E-state index is 13.2. The molecule has 27 heavy (non-hydrogen) atoms. The minimum Gasteiger partial charge on any atom is -0.489 e. The Morgan fingerprint density at radius 3 is 2.48 bits per heavy atom. The molecule has 150 valence electrons. The van der Waals surface area contributed by atoms with E-state index >= 15 is 0 Å². The van der Waals surface area contributed by atoms with E-state index in [0.717, 1.165) is 25.8 Å². The van der Waals surface area contributed by atoms with Crippen LogP contribution in [0, 0.1) is 0 Å². The quantitative estimate of drug-likeness (QED) is 0.770. The van der Waals surface area contributed by atoms with Crippen LogP contribution < -0.4 is 4.74 Å². The third kappa shape index (κ3) is 4.82. The molecule has 0 radical (unpaired) electrons. The number of piperidine rings is 2. The summed E-state index contributed by atoms with van der Waals surface area (Å²) in [5, 5.41) is 0. The first-order valence-corrected chi connectivity index (χ1v) is 11.8. The van der Waals surface area contributed by atoms with Crippen molar-refractivity contribution in [1.29, 1.82) is 0 Å². The van der Waals surface area contributed by atoms with E-state index in [9.17, 15) is 13.2 Å². The van der Waals surface area contributed by atoms with Crippen molar-refractivity contribution in [1.82, 2.24) is 9.21 Å². The number of likely N-dealkylation sites (tertiary alicyclic amines) is 1. The fourth-order valence-electron chi connectivity index (χ4n) is 4.05. The highest BCUT2D eigenvalue weighted by Crippen LogP contribution is 2.28. The molecule has 3 rings (SSSR count). The first kappa shape index (κ1) is 20.1. The fraction of sp³-hybridized carbons (Fsp3) is 0.650. The van der Waals surface area contributed by atoms with Crippen molar-refractivity contribution in [3.05, 3.63) is 29.8 Å². The Bertz CT molecular complexity index is 757. The van der Waals surface area contributed by atoms with Gasteiger partial charge in [0, 0.05) is 25.7 Å². The molecule has 0 spiro atoms. The summed E-state index contributed by atoms with van der Waals surface area (Å²) in [7, 11) is -3.15. The van der Waals surface area contributed by atoms with Gasteiger partial charge < -0.3 is 9.64 Å². The number of ether oxygens (including phenoxy) is 1. The molecule has 2 aliphatic heterocycles. The Morgan fingerprint density at radius 1 is 1.11 bits per heavy atom. The highest BCUT2D eigenvalue weighted by molar-refractivity contribution is 7.88. The second kappa shape index (κ2) is 8.61. The Labute approximate surface area is 162 Å². The second-order valence-corrected chi connectivity index (χ2v) is 9.51. The number of hydrogen-bond acceptors (Lipinski definition) is 4. The number of benzene rings is 1. The van der Waals surface area contributed by atoms with E-state index in [-0.39, 0.29) is 12.0 Å². The van der Waals surface area contributed by atoms with Gasteiger partial charge in [0.15, 0.2) is 0 Å². The van der Waals surface area contributed by atoms with Gasteiger partial charge in [0.1, 0.15) is 11.9 Å². The summed E-state index contributed by atoms with van der Waals surface area (Å²) >= 11 is 0. The van der Waals surface area contributed by atoms with Gasteiger partial charge in [0.2, 0.25) is 10.0 Å². The average molecular weight is 395 g/mol. The van der Waals surface area contributed by atoms with E-state index in [1.165, 1.54) is 17.0 Å². The first-order chi connectivity index (χ1) is 12.9. The third-order valence-corrected chi connectivity index (χ3v) is 6.94. The molecule has 0 unspecified atom stereocenters. The maximum Gasteiger partial charge on any atom is 0.257 e. The second-order valence-electron chi connectivity index (χ2n) is 7.53. The van der Waals surface area contributed by atoms with Gasteiger partial charge in [0.05, 0.1) is 11.8 Å². The van der Waals surface area contributed by atoms with Crippen LogP contribution in [0.15, 0.2) is 24.3 Å². The Morgan fingerprint density at radius 2 is 1.81 bits per heavy atom. The van der Waals surface area contributed by atoms with E-state index in [1.807, 2.05) is 29.2 Å². The van der Waals surface area contributed by atoms with Crippen LogP contribution in [0.5, 0.6) is 5.75 Å². The summed E-state index contributed by atoms with van der Waals surface area (Å²) in [5.41, 5.74) is 0.614. The fourth-order valence-corrected chi connectivity index (χ4v) is 4.93. The van der Waals surface area contributed by atoms with E-state index in [2.05, 4.69) is 6.92 Å². The van der Waals surface area contributed by atoms with Crippen LogP contribution in [0.4, 0.5) is 0 Å². The van der Waals surface area contributed by atoms with Crippen LogP contribution in [0.1, 0.15) is 55.8 Å². The molecule has 1 amide bonds. The van der Waals surface area contributed by atoms with E-state index in [4.69, 9.17) is 4.74 Å². The van der Waals surface area contributed by atoms with Crippen molar-refractivity contribution < 1.29 is 17.9 Å². The molecule has 0 N–H and O–H groups in total. The van der Waals surface area contributed by atoms with Crippen LogP contribution in [0.2, 0.25) is 0 Å². The molecule has 0 aromatic heterocycles. The van der Waals surface area contributed by atoms with E-state index in [0.29, 0.717) is 43.3 Å². The SMILES string of the molecule is CC[C@H]1CCCCN1C(=O)c1ccccc1OC1CCN(S(C)(=O)=O)CC1. The monoisotopic (exact) mass is 394 g/mol. The number of amides is 1. The summed E-state index contributed by atoms with van der Waals surface area (Å²) in [5.74, 6) is 0.659. The molecular weight excluding hydrogens is 364 g/mol. The Hall–Kier alpha value is -1.60. The predicted octanol–water partition coefficient (Wildman–Crippen LogP) is 2.89. The van der Waals surface area contributed by atoms with Gasteiger partial charge >= 0.3 is 0 Å². The molecule has 6 nitrogen and oxygen atoms in total. The Balaban J connectivity index is 1.70. The molecule has 0 bridgehead atoms. The summed E-state index contributed by atoms with van der Waals surface area (Å²) < 4.78 is 31.0. The summed E-state index contributed by atoms with van der Waals surface area (Å²) in [6, 6.07) is 7.74. The molecule has 0 aliphatic carbocycles. The average Bonchev–Trinajstić information content (AvgIpc) is 2.67. The van der Waals surface area contributed by atoms with Crippen LogP contribution in [0.3, 0.4) is 0 Å². The van der Waals surface area contributed by atoms with Crippen molar-refractivity contribution in [2.24, 2.45) is 0 Å². The van der Waals surface area contributed by atoms with Gasteiger partial charge in [-0.2, -0.15) is 0 Å². The van der Waals surface area contributed by atoms with Gasteiger partial charge in [0.25, 0.3) is 5.91 Å². The highest BCUT2D eigenvalue weighted by Gasteiger charge is 2.30. The largest absolute Gasteiger partial charge is 0.489 e. The van der Waals surface area contributed by atoms with Crippen LogP contribution in [-0.2, 0) is 10.0 Å². The van der Waals surface area contributed by atoms with Gasteiger partial charge in [-0.25, -0.2) is 12.7 Å². The standard InChI is InChI=1S/C20H30N2O4S/c1-3-16-8-6-7-13-22(16)20(23)18-9-4-5-10-19(18)26-17-11-14-21(15-12-17)27(2,24)25/h4-5,9-10,16-17H,3,6-8,11-15H2,1-2H3/t16-/m0/s1. The minimum atomic E-state index is -3.15. The molecule has 2 saturated heterocycles. The zero-order valence-corrected chi connectivity index (χ0v) is 17.1. The summed E-state index contributed by atoms with van der Waals surface area (Å²) in [6.45, 7) is 3.86. The number of carbonyl (C=O) groups is 1. The molecule has 0 saturated carbocycles. The lowest BCUT2D eigenvalue weighted by Gasteiger charge is -2.36. The van der Waals surface area contributed by atoms with Crippen molar-refractivity contribution in [3.63, 3.8) is 0 Å². The lowest BCUT2D eigenvalue weighted by molar-refractivity contribution is 0.0597. The maximum atomic E-state index is 13.2. The third-order valence-electron chi connectivity index (χ3n) is 5.64. The number of sulfonamides is 1. The number of hydrogen-bond donors (Lipinski definition) is 0. The van der Waals surface area contributed by atoms with Gasteiger partial charge in [-0.15, -0.1) is 0 Å². The summed E-state index contributed by atoms with van der Waals surface area (Å²) in [6.07, 6.45) is 6.71. The van der Waals surface area contributed by atoms with E-state index < -0.39 is 10.0 Å². The molecular formula is C20H30N2O4S. The molecule has 1 atom stereocenters. The van der Waals surface area contributed by atoms with Crippen LogP contribution >= 0.6 is 0 Å². The number of nitrogens with zero attached hydrogens (tertiary/aromatic N) is 2. The lowest BCUT2D eigenvalue weighted by Crippen LogP contribution is -2.44. The number of rotatable bonds is 5. The normalized spacial score (nSPS) is 22.6. The lowest BCUT2D eigenvalue weighted by atomic mass is 9.98. The van der Waals surface area contributed by atoms with Crippen molar-refractivity contribution in [2.75, 3.05) is 25.9 Å². The number of carbonyl (C=O) groups excluding carboxylic acids is 1. The van der Waals surface area contributed by atoms with Crippen molar-refractivity contribution >= 4 is 15.9 Å². The highest BCUT2D eigenvalue weighted by atomic mass is 32.2. The van der Waals surface area contributed by atoms with Gasteiger partial charge in [-0.1, -0.05) is 19.1 Å². The van der Waals surface area contributed by atoms with E-state index in [1.54, 1.807) is 0 Å². The van der Waals surface area contributed by atoms with Crippen LogP contribution in [0.25, 0.3) is 0 Å². The minimum absolute atomic E-state index is 0.0470. The molecule has 2 fully saturated rings.